The molecule has 0 saturated carbocycles. The largest absolute Gasteiger partial charge is 0.494 e. The van der Waals surface area contributed by atoms with Gasteiger partial charge in [-0.15, -0.1) is 0 Å². The molecule has 0 radical (unpaired) electrons. The number of hydrogen-bond donors (Lipinski definition) is 1. The highest BCUT2D eigenvalue weighted by atomic mass is 16.5. The van der Waals surface area contributed by atoms with Gasteiger partial charge in [0.2, 0.25) is 0 Å². The number of ether oxygens (including phenoxy) is 1. The molecule has 1 aliphatic rings. The first-order valence-electron chi connectivity index (χ1n) is 7.30. The number of aryl methyl sites for hydroxylation is 2. The molecule has 2 N–H and O–H groups in total. The highest BCUT2D eigenvalue weighted by Crippen LogP contribution is 2.30. The van der Waals surface area contributed by atoms with Crippen LogP contribution in [-0.2, 0) is 13.0 Å². The standard InChI is InChI=1S/C16H21N3O/c17-16-4-1-3-13-5-6-14(11-15(13)16)20-10-2-8-19-9-7-18-12-19/h5-7,9,11-12,16H,1-4,8,10,17H2. The lowest BCUT2D eigenvalue weighted by Gasteiger charge is -2.22. The summed E-state index contributed by atoms with van der Waals surface area (Å²) in [7, 11) is 0. The first-order valence-corrected chi connectivity index (χ1v) is 7.30. The molecule has 0 spiro atoms. The molecule has 1 heterocycles. The molecule has 0 saturated heterocycles. The molecule has 0 amide bonds. The Hall–Kier alpha value is -1.81. The monoisotopic (exact) mass is 271 g/mol. The second-order valence-corrected chi connectivity index (χ2v) is 5.36. The van der Waals surface area contributed by atoms with E-state index in [1.807, 2.05) is 12.5 Å². The first kappa shape index (κ1) is 13.2. The molecule has 1 aromatic carbocycles. The van der Waals surface area contributed by atoms with Crippen LogP contribution in [0.3, 0.4) is 0 Å². The summed E-state index contributed by atoms with van der Waals surface area (Å²) in [5.41, 5.74) is 8.82. The average Bonchev–Trinajstić information content (AvgIpc) is 2.98. The van der Waals surface area contributed by atoms with Crippen molar-refractivity contribution in [1.29, 1.82) is 0 Å². The van der Waals surface area contributed by atoms with Crippen molar-refractivity contribution in [2.45, 2.75) is 38.3 Å². The number of rotatable bonds is 5. The highest BCUT2D eigenvalue weighted by Gasteiger charge is 2.17. The summed E-state index contributed by atoms with van der Waals surface area (Å²) in [4.78, 5) is 4.02. The Morgan fingerprint density at radius 1 is 1.40 bits per heavy atom. The van der Waals surface area contributed by atoms with Gasteiger partial charge >= 0.3 is 0 Å². The van der Waals surface area contributed by atoms with Crippen LogP contribution in [0.25, 0.3) is 0 Å². The van der Waals surface area contributed by atoms with Crippen molar-refractivity contribution in [2.75, 3.05) is 6.61 Å². The number of aromatic nitrogens is 2. The predicted octanol–water partition coefficient (Wildman–Crippen LogP) is 2.69. The Labute approximate surface area is 119 Å². The van der Waals surface area contributed by atoms with Gasteiger partial charge in [0.15, 0.2) is 0 Å². The van der Waals surface area contributed by atoms with Gasteiger partial charge in [0.1, 0.15) is 5.75 Å². The fourth-order valence-electron chi connectivity index (χ4n) is 2.76. The van der Waals surface area contributed by atoms with Crippen LogP contribution in [0, 0.1) is 0 Å². The van der Waals surface area contributed by atoms with Crippen molar-refractivity contribution in [3.8, 4) is 5.75 Å². The van der Waals surface area contributed by atoms with Crippen LogP contribution in [0.15, 0.2) is 36.9 Å². The van der Waals surface area contributed by atoms with E-state index in [4.69, 9.17) is 10.5 Å². The van der Waals surface area contributed by atoms with E-state index < -0.39 is 0 Å². The van der Waals surface area contributed by atoms with Gasteiger partial charge in [-0.1, -0.05) is 6.07 Å². The number of nitrogens with two attached hydrogens (primary N) is 1. The third-order valence-electron chi connectivity index (χ3n) is 3.87. The molecule has 4 heteroatoms. The van der Waals surface area contributed by atoms with Crippen molar-refractivity contribution in [2.24, 2.45) is 5.73 Å². The lowest BCUT2D eigenvalue weighted by Crippen LogP contribution is -2.17. The van der Waals surface area contributed by atoms with Crippen molar-refractivity contribution < 1.29 is 4.74 Å². The van der Waals surface area contributed by atoms with Gasteiger partial charge in [-0.05, 0) is 48.9 Å². The van der Waals surface area contributed by atoms with Gasteiger partial charge in [0.05, 0.1) is 12.9 Å². The van der Waals surface area contributed by atoms with Gasteiger partial charge in [0.25, 0.3) is 0 Å². The molecule has 2 aromatic rings. The number of benzene rings is 1. The van der Waals surface area contributed by atoms with Gasteiger partial charge in [-0.25, -0.2) is 4.98 Å². The summed E-state index contributed by atoms with van der Waals surface area (Å²) >= 11 is 0. The van der Waals surface area contributed by atoms with Crippen LogP contribution < -0.4 is 10.5 Å². The summed E-state index contributed by atoms with van der Waals surface area (Å²) in [6.07, 6.45) is 9.99. The van der Waals surface area contributed by atoms with Crippen LogP contribution in [-0.4, -0.2) is 16.2 Å². The van der Waals surface area contributed by atoms with Crippen molar-refractivity contribution in [3.05, 3.63) is 48.0 Å². The number of fused-ring (bicyclic) bond motifs is 1. The molecule has 0 fully saturated rings. The fourth-order valence-corrected chi connectivity index (χ4v) is 2.76. The zero-order valence-electron chi connectivity index (χ0n) is 11.7. The van der Waals surface area contributed by atoms with E-state index in [9.17, 15) is 0 Å². The van der Waals surface area contributed by atoms with Crippen molar-refractivity contribution >= 4 is 0 Å². The smallest absolute Gasteiger partial charge is 0.119 e. The first-order chi connectivity index (χ1) is 9.83. The summed E-state index contributed by atoms with van der Waals surface area (Å²) in [6, 6.07) is 6.53. The van der Waals surface area contributed by atoms with Crippen LogP contribution in [0.1, 0.15) is 36.4 Å². The molecule has 106 valence electrons. The number of imidazole rings is 1. The zero-order chi connectivity index (χ0) is 13.8. The number of hydrogen-bond acceptors (Lipinski definition) is 3. The quantitative estimate of drug-likeness (QED) is 0.851. The van der Waals surface area contributed by atoms with E-state index >= 15 is 0 Å². The van der Waals surface area contributed by atoms with Crippen LogP contribution in [0.4, 0.5) is 0 Å². The third-order valence-corrected chi connectivity index (χ3v) is 3.87. The molecular weight excluding hydrogens is 250 g/mol. The minimum Gasteiger partial charge on any atom is -0.494 e. The van der Waals surface area contributed by atoms with Gasteiger partial charge in [-0.3, -0.25) is 0 Å². The average molecular weight is 271 g/mol. The van der Waals surface area contributed by atoms with Crippen LogP contribution >= 0.6 is 0 Å². The molecule has 20 heavy (non-hydrogen) atoms. The summed E-state index contributed by atoms with van der Waals surface area (Å²) < 4.78 is 7.89. The van der Waals surface area contributed by atoms with E-state index in [1.165, 1.54) is 17.5 Å². The van der Waals surface area contributed by atoms with E-state index in [1.54, 1.807) is 6.20 Å². The molecular formula is C16H21N3O. The maximum atomic E-state index is 6.17. The minimum atomic E-state index is 0.174. The molecule has 4 nitrogen and oxygen atoms in total. The summed E-state index contributed by atoms with van der Waals surface area (Å²) in [6.45, 7) is 1.65. The van der Waals surface area contributed by atoms with Gasteiger partial charge in [0, 0.05) is 25.0 Å². The topological polar surface area (TPSA) is 53.1 Å². The predicted molar refractivity (Wildman–Crippen MR) is 78.6 cm³/mol. The lowest BCUT2D eigenvalue weighted by atomic mass is 9.88. The molecule has 0 bridgehead atoms. The lowest BCUT2D eigenvalue weighted by molar-refractivity contribution is 0.301. The molecule has 1 atom stereocenters. The van der Waals surface area contributed by atoms with E-state index in [-0.39, 0.29) is 6.04 Å². The summed E-state index contributed by atoms with van der Waals surface area (Å²) in [5, 5.41) is 0. The fraction of sp³-hybridized carbons (Fsp3) is 0.438. The molecule has 0 aliphatic heterocycles. The second-order valence-electron chi connectivity index (χ2n) is 5.36. The van der Waals surface area contributed by atoms with Crippen molar-refractivity contribution in [1.82, 2.24) is 9.55 Å². The van der Waals surface area contributed by atoms with Crippen LogP contribution in [0.2, 0.25) is 0 Å². The van der Waals surface area contributed by atoms with Gasteiger partial charge < -0.3 is 15.0 Å². The molecule has 1 aliphatic carbocycles. The van der Waals surface area contributed by atoms with E-state index in [2.05, 4.69) is 27.8 Å². The Bertz CT molecular complexity index is 551. The maximum absolute atomic E-state index is 6.17. The van der Waals surface area contributed by atoms with E-state index in [0.29, 0.717) is 6.61 Å². The molecule has 1 aromatic heterocycles. The Morgan fingerprint density at radius 2 is 2.35 bits per heavy atom. The minimum absolute atomic E-state index is 0.174. The normalized spacial score (nSPS) is 17.8. The van der Waals surface area contributed by atoms with Crippen molar-refractivity contribution in [3.63, 3.8) is 0 Å². The Morgan fingerprint density at radius 3 is 3.20 bits per heavy atom. The SMILES string of the molecule is NC1CCCc2ccc(OCCCn3ccnc3)cc21. The molecule has 3 rings (SSSR count). The third kappa shape index (κ3) is 3.02. The second kappa shape index (κ2) is 6.09. The molecule has 1 unspecified atom stereocenters. The summed E-state index contributed by atoms with van der Waals surface area (Å²) in [5.74, 6) is 0.937. The Balaban J connectivity index is 1.54. The van der Waals surface area contributed by atoms with Gasteiger partial charge in [-0.2, -0.15) is 0 Å². The Kier molecular flexibility index (Phi) is 4.02. The zero-order valence-corrected chi connectivity index (χ0v) is 11.7. The van der Waals surface area contributed by atoms with Crippen LogP contribution in [0.5, 0.6) is 5.75 Å². The van der Waals surface area contributed by atoms with E-state index in [0.717, 1.165) is 31.6 Å². The number of nitrogens with zero attached hydrogens (tertiary/aromatic N) is 2. The highest BCUT2D eigenvalue weighted by molar-refractivity contribution is 5.39. The maximum Gasteiger partial charge on any atom is 0.119 e.